The lowest BCUT2D eigenvalue weighted by atomic mass is 10.0. The second-order valence-corrected chi connectivity index (χ2v) is 11.9. The number of sulfonamides is 1. The Bertz CT molecular complexity index is 1080. The summed E-state index contributed by atoms with van der Waals surface area (Å²) in [4.78, 5) is 28.0. The third-order valence-electron chi connectivity index (χ3n) is 5.35. The average molecular weight is 522 g/mol. The minimum atomic E-state index is -3.55. The van der Waals surface area contributed by atoms with Crippen molar-refractivity contribution in [1.82, 2.24) is 10.2 Å². The van der Waals surface area contributed by atoms with Gasteiger partial charge in [0.2, 0.25) is 21.8 Å². The van der Waals surface area contributed by atoms with Gasteiger partial charge in [0.25, 0.3) is 0 Å². The van der Waals surface area contributed by atoms with E-state index in [0.717, 1.165) is 11.8 Å². The summed E-state index contributed by atoms with van der Waals surface area (Å²) in [6.45, 7) is 8.01. The zero-order valence-electron chi connectivity index (χ0n) is 21.1. The molecule has 0 fully saturated rings. The molecule has 2 aromatic carbocycles. The van der Waals surface area contributed by atoms with E-state index >= 15 is 0 Å². The predicted molar refractivity (Wildman–Crippen MR) is 142 cm³/mol. The molecule has 0 aliphatic heterocycles. The van der Waals surface area contributed by atoms with Crippen molar-refractivity contribution in [2.75, 3.05) is 17.1 Å². The molecule has 0 aliphatic carbocycles. The van der Waals surface area contributed by atoms with E-state index in [1.165, 1.54) is 4.31 Å². The molecule has 0 heterocycles. The van der Waals surface area contributed by atoms with Crippen LogP contribution in [0.2, 0.25) is 5.02 Å². The van der Waals surface area contributed by atoms with Gasteiger partial charge in [0.05, 0.1) is 11.9 Å². The maximum atomic E-state index is 13.4. The molecule has 1 unspecified atom stereocenters. The zero-order valence-corrected chi connectivity index (χ0v) is 22.7. The van der Waals surface area contributed by atoms with Crippen LogP contribution in [0.3, 0.4) is 0 Å². The van der Waals surface area contributed by atoms with Gasteiger partial charge < -0.3 is 10.2 Å². The first-order valence-corrected chi connectivity index (χ1v) is 13.9. The summed E-state index contributed by atoms with van der Waals surface area (Å²) < 4.78 is 26.0. The number of amides is 2. The molecule has 2 amide bonds. The summed E-state index contributed by atoms with van der Waals surface area (Å²) in [5.41, 5.74) is 0.976. The molecule has 0 saturated carbocycles. The lowest BCUT2D eigenvalue weighted by Gasteiger charge is -2.33. The van der Waals surface area contributed by atoms with E-state index < -0.39 is 21.6 Å². The van der Waals surface area contributed by atoms with Crippen molar-refractivity contribution in [3.63, 3.8) is 0 Å². The van der Waals surface area contributed by atoms with E-state index in [1.807, 2.05) is 58.0 Å². The van der Waals surface area contributed by atoms with Gasteiger partial charge in [-0.2, -0.15) is 0 Å². The molecule has 0 radical (unpaired) electrons. The van der Waals surface area contributed by atoms with Crippen molar-refractivity contribution in [1.29, 1.82) is 0 Å². The van der Waals surface area contributed by atoms with Gasteiger partial charge in [-0.05, 0) is 63.4 Å². The van der Waals surface area contributed by atoms with Crippen LogP contribution >= 0.6 is 11.6 Å². The van der Waals surface area contributed by atoms with Crippen LogP contribution in [0, 0.1) is 0 Å². The van der Waals surface area contributed by atoms with Gasteiger partial charge in [-0.25, -0.2) is 8.42 Å². The van der Waals surface area contributed by atoms with Crippen molar-refractivity contribution < 1.29 is 18.0 Å². The van der Waals surface area contributed by atoms with Crippen LogP contribution in [0.5, 0.6) is 0 Å². The Balaban J connectivity index is 2.20. The molecule has 35 heavy (non-hydrogen) atoms. The summed E-state index contributed by atoms with van der Waals surface area (Å²) in [7, 11) is -3.55. The number of hydrogen-bond donors (Lipinski definition) is 1. The molecule has 0 spiro atoms. The van der Waals surface area contributed by atoms with E-state index in [4.69, 9.17) is 11.6 Å². The molecule has 0 aromatic heterocycles. The third kappa shape index (κ3) is 9.18. The van der Waals surface area contributed by atoms with Gasteiger partial charge >= 0.3 is 0 Å². The van der Waals surface area contributed by atoms with Crippen LogP contribution in [-0.2, 0) is 26.2 Å². The van der Waals surface area contributed by atoms with Gasteiger partial charge in [-0.15, -0.1) is 0 Å². The predicted octanol–water partition coefficient (Wildman–Crippen LogP) is 4.61. The number of rotatable bonds is 11. The average Bonchev–Trinajstić information content (AvgIpc) is 2.76. The molecule has 7 nitrogen and oxygen atoms in total. The first-order chi connectivity index (χ1) is 16.3. The van der Waals surface area contributed by atoms with E-state index in [0.29, 0.717) is 30.1 Å². The number of carbonyl (C=O) groups is 2. The standard InChI is InChI=1S/C26H36ClN3O4S/c1-6-23(25(32)28-26(2,3)4)29(19-20-11-8-7-9-12-20)24(31)13-10-18-30(35(5,33)34)22-16-14-21(27)15-17-22/h7-9,11-12,14-17,23H,6,10,13,18-19H2,1-5H3,(H,28,32). The molecule has 0 bridgehead atoms. The molecule has 1 atom stereocenters. The molecule has 1 N–H and O–H groups in total. The molecular formula is C26H36ClN3O4S. The number of carbonyl (C=O) groups excluding carboxylic acids is 2. The minimum Gasteiger partial charge on any atom is -0.350 e. The molecule has 2 aromatic rings. The second kappa shape index (κ2) is 12.4. The fourth-order valence-electron chi connectivity index (χ4n) is 3.76. The summed E-state index contributed by atoms with van der Waals surface area (Å²) in [5, 5.41) is 3.49. The monoisotopic (exact) mass is 521 g/mol. The first kappa shape index (κ1) is 28.7. The lowest BCUT2D eigenvalue weighted by molar-refractivity contribution is -0.142. The topological polar surface area (TPSA) is 86.8 Å². The quantitative estimate of drug-likeness (QED) is 0.468. The number of nitrogens with one attached hydrogen (secondary N) is 1. The normalized spacial score (nSPS) is 12.6. The fraction of sp³-hybridized carbons (Fsp3) is 0.462. The van der Waals surface area contributed by atoms with E-state index in [-0.39, 0.29) is 24.8 Å². The third-order valence-corrected chi connectivity index (χ3v) is 6.79. The molecule has 9 heteroatoms. The largest absolute Gasteiger partial charge is 0.350 e. The van der Waals surface area contributed by atoms with Crippen molar-refractivity contribution in [2.45, 2.75) is 65.1 Å². The van der Waals surface area contributed by atoms with E-state index in [1.54, 1.807) is 29.2 Å². The van der Waals surface area contributed by atoms with Crippen LogP contribution in [0.15, 0.2) is 54.6 Å². The number of benzene rings is 2. The van der Waals surface area contributed by atoms with Gasteiger partial charge in [0.1, 0.15) is 6.04 Å². The van der Waals surface area contributed by atoms with Crippen LogP contribution in [0.4, 0.5) is 5.69 Å². The SMILES string of the molecule is CCC(C(=O)NC(C)(C)C)N(Cc1ccccc1)C(=O)CCCN(c1ccc(Cl)cc1)S(C)(=O)=O. The maximum Gasteiger partial charge on any atom is 0.243 e. The van der Waals surface area contributed by atoms with Crippen molar-refractivity contribution in [2.24, 2.45) is 0 Å². The highest BCUT2D eigenvalue weighted by Gasteiger charge is 2.30. The van der Waals surface area contributed by atoms with Crippen LogP contribution in [0.25, 0.3) is 0 Å². The first-order valence-electron chi connectivity index (χ1n) is 11.7. The Labute approximate surface area is 214 Å². The van der Waals surface area contributed by atoms with Gasteiger partial charge in [0.15, 0.2) is 0 Å². The highest BCUT2D eigenvalue weighted by molar-refractivity contribution is 7.92. The Morgan fingerprint density at radius 2 is 1.63 bits per heavy atom. The van der Waals surface area contributed by atoms with Gasteiger partial charge in [0, 0.05) is 30.1 Å². The number of anilines is 1. The fourth-order valence-corrected chi connectivity index (χ4v) is 4.86. The smallest absolute Gasteiger partial charge is 0.243 e. The Morgan fingerprint density at radius 1 is 1.03 bits per heavy atom. The summed E-state index contributed by atoms with van der Waals surface area (Å²) in [6.07, 6.45) is 2.00. The van der Waals surface area contributed by atoms with Crippen LogP contribution in [-0.4, -0.2) is 49.5 Å². The van der Waals surface area contributed by atoms with Crippen LogP contribution < -0.4 is 9.62 Å². The molecule has 192 valence electrons. The highest BCUT2D eigenvalue weighted by Crippen LogP contribution is 2.22. The number of halogens is 1. The summed E-state index contributed by atoms with van der Waals surface area (Å²) in [6, 6.07) is 15.4. The zero-order chi connectivity index (χ0) is 26.2. The van der Waals surface area contributed by atoms with E-state index in [2.05, 4.69) is 5.32 Å². The van der Waals surface area contributed by atoms with Crippen LogP contribution in [0.1, 0.15) is 52.5 Å². The Hall–Kier alpha value is -2.58. The summed E-state index contributed by atoms with van der Waals surface area (Å²) in [5.74, 6) is -0.405. The van der Waals surface area contributed by atoms with E-state index in [9.17, 15) is 18.0 Å². The van der Waals surface area contributed by atoms with Crippen molar-refractivity contribution >= 4 is 39.1 Å². The maximum absolute atomic E-state index is 13.4. The minimum absolute atomic E-state index is 0.103. The lowest BCUT2D eigenvalue weighted by Crippen LogP contribution is -2.53. The van der Waals surface area contributed by atoms with Crippen molar-refractivity contribution in [3.05, 3.63) is 65.2 Å². The number of hydrogen-bond acceptors (Lipinski definition) is 4. The highest BCUT2D eigenvalue weighted by atomic mass is 35.5. The summed E-state index contributed by atoms with van der Waals surface area (Å²) >= 11 is 5.94. The Morgan fingerprint density at radius 3 is 2.14 bits per heavy atom. The second-order valence-electron chi connectivity index (χ2n) is 9.59. The molecule has 2 rings (SSSR count). The molecule has 0 saturated heterocycles. The molecular weight excluding hydrogens is 486 g/mol. The van der Waals surface area contributed by atoms with Crippen molar-refractivity contribution in [3.8, 4) is 0 Å². The van der Waals surface area contributed by atoms with Gasteiger partial charge in [-0.1, -0.05) is 48.9 Å². The number of nitrogens with zero attached hydrogens (tertiary/aromatic N) is 2. The van der Waals surface area contributed by atoms with Gasteiger partial charge in [-0.3, -0.25) is 13.9 Å². The Kier molecular flexibility index (Phi) is 10.2. The molecule has 0 aliphatic rings.